The Morgan fingerprint density at radius 3 is 2.91 bits per heavy atom. The Balaban J connectivity index is 2.89. The maximum Gasteiger partial charge on any atom is 0.202 e. The molecule has 1 aromatic rings. The van der Waals surface area contributed by atoms with E-state index in [1.54, 1.807) is 0 Å². The molecule has 0 bridgehead atoms. The molecule has 0 fully saturated rings. The molecule has 0 unspecified atom stereocenters. The summed E-state index contributed by atoms with van der Waals surface area (Å²) in [5, 5.41) is 8.52. The average molecular weight is 262 g/mol. The molecule has 58 valence electrons. The highest BCUT2D eigenvalue weighted by Crippen LogP contribution is 2.13. The van der Waals surface area contributed by atoms with Crippen molar-refractivity contribution >= 4 is 22.6 Å². The van der Waals surface area contributed by atoms with Gasteiger partial charge in [0, 0.05) is 29.0 Å². The lowest BCUT2D eigenvalue weighted by molar-refractivity contribution is 0.470. The summed E-state index contributed by atoms with van der Waals surface area (Å²) in [7, 11) is 0. The molecule has 0 radical (unpaired) electrons. The molecule has 11 heavy (non-hydrogen) atoms. The van der Waals surface area contributed by atoms with E-state index in [2.05, 4.69) is 4.98 Å². The fraction of sp³-hybridized carbons (Fsp3) is 0.429. The zero-order valence-corrected chi connectivity index (χ0v) is 8.25. The first-order valence-corrected chi connectivity index (χ1v) is 4.41. The number of hydrogen-bond acceptors (Lipinski definition) is 3. The van der Waals surface area contributed by atoms with Gasteiger partial charge in [-0.1, -0.05) is 6.92 Å². The molecule has 0 aliphatic rings. The smallest absolute Gasteiger partial charge is 0.202 e. The third kappa shape index (κ3) is 1.93. The van der Waals surface area contributed by atoms with E-state index >= 15 is 0 Å². The molecule has 0 aliphatic heterocycles. The molecule has 0 spiro atoms. The minimum absolute atomic E-state index is 0.397. The number of halogens is 1. The third-order valence-electron chi connectivity index (χ3n) is 1.20. The van der Waals surface area contributed by atoms with Gasteiger partial charge in [-0.05, 0) is 6.42 Å². The SMILES string of the molecule is CCCc1nc(C#N)c(I)o1. The van der Waals surface area contributed by atoms with E-state index in [1.165, 1.54) is 0 Å². The van der Waals surface area contributed by atoms with Gasteiger partial charge in [-0.15, -0.1) is 0 Å². The second-order valence-electron chi connectivity index (χ2n) is 2.09. The zero-order chi connectivity index (χ0) is 8.27. The van der Waals surface area contributed by atoms with Crippen molar-refractivity contribution in [1.82, 2.24) is 4.98 Å². The molecule has 0 amide bonds. The number of aryl methyl sites for hydroxylation is 1. The van der Waals surface area contributed by atoms with E-state index in [0.29, 0.717) is 15.4 Å². The first kappa shape index (κ1) is 8.53. The van der Waals surface area contributed by atoms with Crippen molar-refractivity contribution in [3.8, 4) is 6.07 Å². The summed E-state index contributed by atoms with van der Waals surface area (Å²) < 4.78 is 5.79. The lowest BCUT2D eigenvalue weighted by Gasteiger charge is -1.84. The molecular weight excluding hydrogens is 255 g/mol. The highest BCUT2D eigenvalue weighted by molar-refractivity contribution is 14.1. The molecule has 1 heterocycles. The lowest BCUT2D eigenvalue weighted by atomic mass is 10.3. The predicted octanol–water partition coefficient (Wildman–Crippen LogP) is 2.10. The number of aromatic nitrogens is 1. The molecule has 0 N–H and O–H groups in total. The number of nitriles is 1. The molecule has 3 nitrogen and oxygen atoms in total. The minimum Gasteiger partial charge on any atom is -0.434 e. The van der Waals surface area contributed by atoms with Crippen LogP contribution in [0, 0.1) is 15.1 Å². The molecule has 0 aliphatic carbocycles. The summed E-state index contributed by atoms with van der Waals surface area (Å²) >= 11 is 1.97. The first-order chi connectivity index (χ1) is 5.27. The second kappa shape index (κ2) is 3.72. The van der Waals surface area contributed by atoms with Crippen molar-refractivity contribution in [2.75, 3.05) is 0 Å². The molecule has 1 rings (SSSR count). The van der Waals surface area contributed by atoms with Crippen LogP contribution in [0.15, 0.2) is 4.42 Å². The Labute approximate surface area is 78.6 Å². The summed E-state index contributed by atoms with van der Waals surface area (Å²) in [5.41, 5.74) is 0.397. The molecule has 0 atom stereocenters. The van der Waals surface area contributed by atoms with E-state index < -0.39 is 0 Å². The van der Waals surface area contributed by atoms with Crippen LogP contribution >= 0.6 is 22.6 Å². The molecule has 0 saturated carbocycles. The Morgan fingerprint density at radius 1 is 1.73 bits per heavy atom. The average Bonchev–Trinajstić information content (AvgIpc) is 2.32. The maximum atomic E-state index is 8.52. The number of rotatable bonds is 2. The van der Waals surface area contributed by atoms with Crippen LogP contribution in [0.1, 0.15) is 24.9 Å². The van der Waals surface area contributed by atoms with Crippen LogP contribution in [0.2, 0.25) is 0 Å². The van der Waals surface area contributed by atoms with Crippen molar-refractivity contribution < 1.29 is 4.42 Å². The monoisotopic (exact) mass is 262 g/mol. The van der Waals surface area contributed by atoms with Crippen molar-refractivity contribution in [2.45, 2.75) is 19.8 Å². The summed E-state index contributed by atoms with van der Waals surface area (Å²) in [4.78, 5) is 3.98. The molecule has 0 saturated heterocycles. The normalized spacial score (nSPS) is 9.55. The van der Waals surface area contributed by atoms with E-state index in [4.69, 9.17) is 9.68 Å². The largest absolute Gasteiger partial charge is 0.434 e. The molecular formula is C7H7IN2O. The van der Waals surface area contributed by atoms with Crippen LogP contribution in [0.4, 0.5) is 0 Å². The quantitative estimate of drug-likeness (QED) is 0.767. The Bertz CT molecular complexity index is 287. The van der Waals surface area contributed by atoms with Crippen molar-refractivity contribution in [1.29, 1.82) is 5.26 Å². The summed E-state index contributed by atoms with van der Waals surface area (Å²) in [6, 6.07) is 1.96. The van der Waals surface area contributed by atoms with Crippen molar-refractivity contribution in [2.24, 2.45) is 0 Å². The first-order valence-electron chi connectivity index (χ1n) is 3.33. The van der Waals surface area contributed by atoms with Crippen LogP contribution in [0.5, 0.6) is 0 Å². The number of nitrogens with zero attached hydrogens (tertiary/aromatic N) is 2. The Kier molecular flexibility index (Phi) is 2.88. The molecule has 4 heteroatoms. The summed E-state index contributed by atoms with van der Waals surface area (Å²) in [6.07, 6.45) is 1.79. The van der Waals surface area contributed by atoms with Crippen molar-refractivity contribution in [3.63, 3.8) is 0 Å². The standard InChI is InChI=1S/C7H7IN2O/c1-2-3-6-10-5(4-9)7(8)11-6/h2-3H2,1H3. The van der Waals surface area contributed by atoms with Gasteiger partial charge in [0.05, 0.1) is 0 Å². The Hall–Kier alpha value is -0.570. The van der Waals surface area contributed by atoms with Gasteiger partial charge in [0.1, 0.15) is 6.07 Å². The fourth-order valence-corrected chi connectivity index (χ4v) is 1.23. The van der Waals surface area contributed by atoms with E-state index in [1.807, 2.05) is 35.6 Å². The fourth-order valence-electron chi connectivity index (χ4n) is 0.733. The van der Waals surface area contributed by atoms with Crippen LogP contribution < -0.4 is 0 Å². The van der Waals surface area contributed by atoms with Gasteiger partial charge >= 0.3 is 0 Å². The predicted molar refractivity (Wildman–Crippen MR) is 47.9 cm³/mol. The second-order valence-corrected chi connectivity index (χ2v) is 3.07. The van der Waals surface area contributed by atoms with Gasteiger partial charge in [-0.2, -0.15) is 5.26 Å². The van der Waals surface area contributed by atoms with Gasteiger partial charge in [0.2, 0.25) is 3.77 Å². The highest BCUT2D eigenvalue weighted by atomic mass is 127. The highest BCUT2D eigenvalue weighted by Gasteiger charge is 2.08. The van der Waals surface area contributed by atoms with Crippen LogP contribution in [0.25, 0.3) is 0 Å². The van der Waals surface area contributed by atoms with Crippen molar-refractivity contribution in [3.05, 3.63) is 15.4 Å². The zero-order valence-electron chi connectivity index (χ0n) is 6.09. The van der Waals surface area contributed by atoms with Gasteiger partial charge < -0.3 is 4.42 Å². The molecule has 1 aromatic heterocycles. The van der Waals surface area contributed by atoms with Gasteiger partial charge in [-0.3, -0.25) is 0 Å². The van der Waals surface area contributed by atoms with Crippen LogP contribution in [-0.4, -0.2) is 4.98 Å². The van der Waals surface area contributed by atoms with Crippen LogP contribution in [0.3, 0.4) is 0 Å². The summed E-state index contributed by atoms with van der Waals surface area (Å²) in [5.74, 6) is 0.661. The van der Waals surface area contributed by atoms with Gasteiger partial charge in [0.25, 0.3) is 0 Å². The van der Waals surface area contributed by atoms with E-state index in [-0.39, 0.29) is 0 Å². The van der Waals surface area contributed by atoms with Gasteiger partial charge in [-0.25, -0.2) is 4.98 Å². The number of oxazole rings is 1. The Morgan fingerprint density at radius 2 is 2.45 bits per heavy atom. The number of hydrogen-bond donors (Lipinski definition) is 0. The molecule has 0 aromatic carbocycles. The summed E-state index contributed by atoms with van der Waals surface area (Å²) in [6.45, 7) is 2.04. The minimum atomic E-state index is 0.397. The lowest BCUT2D eigenvalue weighted by Crippen LogP contribution is -1.81. The van der Waals surface area contributed by atoms with E-state index in [0.717, 1.165) is 12.8 Å². The topological polar surface area (TPSA) is 49.8 Å². The third-order valence-corrected chi connectivity index (χ3v) is 1.93. The van der Waals surface area contributed by atoms with E-state index in [9.17, 15) is 0 Å². The van der Waals surface area contributed by atoms with Crippen LogP contribution in [-0.2, 0) is 6.42 Å². The maximum absolute atomic E-state index is 8.52. The van der Waals surface area contributed by atoms with Gasteiger partial charge in [0.15, 0.2) is 11.6 Å².